The van der Waals surface area contributed by atoms with Crippen LogP contribution in [0.5, 0.6) is 0 Å². The van der Waals surface area contributed by atoms with Crippen molar-refractivity contribution in [3.05, 3.63) is 0 Å². The molecule has 0 heterocycles. The summed E-state index contributed by atoms with van der Waals surface area (Å²) in [4.78, 5) is 0. The lowest BCUT2D eigenvalue weighted by Gasteiger charge is -2.28. The lowest BCUT2D eigenvalue weighted by molar-refractivity contribution is 0.0895. The van der Waals surface area contributed by atoms with Crippen molar-refractivity contribution in [2.75, 3.05) is 0 Å². The molecule has 0 aromatic rings. The predicted molar refractivity (Wildman–Crippen MR) is 49.0 cm³/mol. The van der Waals surface area contributed by atoms with Crippen molar-refractivity contribution < 1.29 is 5.11 Å². The highest BCUT2D eigenvalue weighted by Crippen LogP contribution is 2.31. The van der Waals surface area contributed by atoms with Crippen LogP contribution in [0.1, 0.15) is 39.0 Å². The number of hydrogen-bond donors (Lipinski definition) is 2. The van der Waals surface area contributed by atoms with Crippen LogP contribution in [0.3, 0.4) is 0 Å². The van der Waals surface area contributed by atoms with E-state index in [0.29, 0.717) is 12.1 Å². The summed E-state index contributed by atoms with van der Waals surface area (Å²) in [6.07, 6.45) is 5.90. The smallest absolute Gasteiger partial charge is 0.0693 e. The number of aliphatic hydroxyl groups excluding tert-OH is 1. The number of nitrogens with one attached hydrogen (secondary N) is 1. The Morgan fingerprint density at radius 1 is 1.17 bits per heavy atom. The van der Waals surface area contributed by atoms with E-state index in [0.717, 1.165) is 12.3 Å². The third-order valence-electron chi connectivity index (χ3n) is 3.27. The molecule has 2 fully saturated rings. The van der Waals surface area contributed by atoms with Crippen LogP contribution in [0.4, 0.5) is 0 Å². The van der Waals surface area contributed by atoms with Crippen molar-refractivity contribution in [2.45, 2.75) is 57.2 Å². The number of rotatable bonds is 2. The molecule has 0 aliphatic heterocycles. The predicted octanol–water partition coefficient (Wildman–Crippen LogP) is 1.29. The molecule has 0 aromatic carbocycles. The first-order chi connectivity index (χ1) is 5.77. The molecule has 0 amide bonds. The minimum absolute atomic E-state index is 0.0773. The maximum absolute atomic E-state index is 9.67. The zero-order valence-corrected chi connectivity index (χ0v) is 7.79. The normalized spacial score (nSPS) is 47.5. The van der Waals surface area contributed by atoms with E-state index in [1.54, 1.807) is 0 Å². The van der Waals surface area contributed by atoms with Gasteiger partial charge in [-0.05, 0) is 25.2 Å². The zero-order valence-electron chi connectivity index (χ0n) is 7.79. The molecule has 2 N–H and O–H groups in total. The number of hydrogen-bond acceptors (Lipinski definition) is 2. The third-order valence-corrected chi connectivity index (χ3v) is 3.27. The van der Waals surface area contributed by atoms with Crippen LogP contribution in [-0.2, 0) is 0 Å². The lowest BCUT2D eigenvalue weighted by atomic mass is 9.92. The number of aliphatic hydroxyl groups is 1. The molecule has 2 saturated carbocycles. The van der Waals surface area contributed by atoms with E-state index in [-0.39, 0.29) is 6.10 Å². The third kappa shape index (κ3) is 1.80. The van der Waals surface area contributed by atoms with Crippen LogP contribution in [0.2, 0.25) is 0 Å². The zero-order chi connectivity index (χ0) is 8.55. The van der Waals surface area contributed by atoms with Gasteiger partial charge in [0, 0.05) is 12.1 Å². The molecule has 2 rings (SSSR count). The summed E-state index contributed by atoms with van der Waals surface area (Å²) in [6.45, 7) is 2.27. The van der Waals surface area contributed by atoms with Crippen LogP contribution in [0, 0.1) is 5.92 Å². The van der Waals surface area contributed by atoms with E-state index < -0.39 is 0 Å². The van der Waals surface area contributed by atoms with Gasteiger partial charge in [-0.15, -0.1) is 0 Å². The monoisotopic (exact) mass is 169 g/mol. The molecule has 2 nitrogen and oxygen atoms in total. The quantitative estimate of drug-likeness (QED) is 0.653. The van der Waals surface area contributed by atoms with E-state index in [1.165, 1.54) is 25.7 Å². The average Bonchev–Trinajstić information content (AvgIpc) is 2.72. The second-order valence-corrected chi connectivity index (χ2v) is 4.44. The summed E-state index contributed by atoms with van der Waals surface area (Å²) in [5.41, 5.74) is 0. The molecule has 2 aliphatic rings. The first-order valence-corrected chi connectivity index (χ1v) is 5.21. The standard InChI is InChI=1S/C10H19NO/c1-7-6-9(7)11-8-4-2-3-5-10(8)12/h7-12H,2-6H2,1H3/t7?,8-,9?,10-/m0/s1. The summed E-state index contributed by atoms with van der Waals surface area (Å²) in [5, 5.41) is 13.2. The van der Waals surface area contributed by atoms with Gasteiger partial charge in [0.1, 0.15) is 0 Å². The van der Waals surface area contributed by atoms with Crippen LogP contribution in [0.15, 0.2) is 0 Å². The fraction of sp³-hybridized carbons (Fsp3) is 1.00. The highest BCUT2D eigenvalue weighted by Gasteiger charge is 2.36. The molecule has 2 unspecified atom stereocenters. The summed E-state index contributed by atoms with van der Waals surface area (Å²) in [5.74, 6) is 0.846. The fourth-order valence-corrected chi connectivity index (χ4v) is 2.13. The molecule has 12 heavy (non-hydrogen) atoms. The van der Waals surface area contributed by atoms with Crippen LogP contribution >= 0.6 is 0 Å². The molecule has 4 atom stereocenters. The van der Waals surface area contributed by atoms with Gasteiger partial charge in [-0.1, -0.05) is 19.8 Å². The SMILES string of the molecule is CC1CC1N[C@H]1CCCC[C@@H]1O. The first kappa shape index (κ1) is 8.52. The molecule has 0 aromatic heterocycles. The Hall–Kier alpha value is -0.0800. The van der Waals surface area contributed by atoms with Gasteiger partial charge >= 0.3 is 0 Å². The molecular weight excluding hydrogens is 150 g/mol. The maximum atomic E-state index is 9.67. The van der Waals surface area contributed by atoms with Crippen molar-refractivity contribution in [3.8, 4) is 0 Å². The summed E-state index contributed by atoms with van der Waals surface area (Å²) in [6, 6.07) is 1.11. The minimum Gasteiger partial charge on any atom is -0.392 e. The molecule has 70 valence electrons. The summed E-state index contributed by atoms with van der Waals surface area (Å²) >= 11 is 0. The molecular formula is C10H19NO. The van der Waals surface area contributed by atoms with Gasteiger partial charge in [0.05, 0.1) is 6.10 Å². The van der Waals surface area contributed by atoms with Crippen molar-refractivity contribution in [3.63, 3.8) is 0 Å². The highest BCUT2D eigenvalue weighted by molar-refractivity contribution is 4.94. The van der Waals surface area contributed by atoms with Gasteiger partial charge in [0.2, 0.25) is 0 Å². The molecule has 0 spiro atoms. The Labute approximate surface area is 74.4 Å². The van der Waals surface area contributed by atoms with Gasteiger partial charge in [-0.25, -0.2) is 0 Å². The molecule has 2 heteroatoms. The first-order valence-electron chi connectivity index (χ1n) is 5.21. The highest BCUT2D eigenvalue weighted by atomic mass is 16.3. The molecule has 0 bridgehead atoms. The van der Waals surface area contributed by atoms with E-state index in [1.807, 2.05) is 0 Å². The summed E-state index contributed by atoms with van der Waals surface area (Å²) in [7, 11) is 0. The van der Waals surface area contributed by atoms with E-state index in [2.05, 4.69) is 12.2 Å². The van der Waals surface area contributed by atoms with Crippen LogP contribution in [0.25, 0.3) is 0 Å². The van der Waals surface area contributed by atoms with Gasteiger partial charge in [-0.3, -0.25) is 0 Å². The van der Waals surface area contributed by atoms with Crippen molar-refractivity contribution in [1.82, 2.24) is 5.32 Å². The second kappa shape index (κ2) is 3.35. The van der Waals surface area contributed by atoms with Gasteiger partial charge in [0.25, 0.3) is 0 Å². The minimum atomic E-state index is -0.0773. The Morgan fingerprint density at radius 2 is 1.83 bits per heavy atom. The largest absolute Gasteiger partial charge is 0.392 e. The second-order valence-electron chi connectivity index (χ2n) is 4.44. The van der Waals surface area contributed by atoms with E-state index in [9.17, 15) is 5.11 Å². The summed E-state index contributed by atoms with van der Waals surface area (Å²) < 4.78 is 0. The van der Waals surface area contributed by atoms with Crippen molar-refractivity contribution in [2.24, 2.45) is 5.92 Å². The fourth-order valence-electron chi connectivity index (χ4n) is 2.13. The van der Waals surface area contributed by atoms with Crippen molar-refractivity contribution in [1.29, 1.82) is 0 Å². The van der Waals surface area contributed by atoms with Crippen LogP contribution < -0.4 is 5.32 Å². The Bertz CT molecular complexity index is 160. The molecule has 2 aliphatic carbocycles. The molecule has 0 saturated heterocycles. The van der Waals surface area contributed by atoms with Gasteiger partial charge in [0.15, 0.2) is 0 Å². The Kier molecular flexibility index (Phi) is 2.37. The maximum Gasteiger partial charge on any atom is 0.0693 e. The van der Waals surface area contributed by atoms with Gasteiger partial charge in [-0.2, -0.15) is 0 Å². The Balaban J connectivity index is 1.77. The lowest BCUT2D eigenvalue weighted by Crippen LogP contribution is -2.43. The van der Waals surface area contributed by atoms with Crippen molar-refractivity contribution >= 4 is 0 Å². The Morgan fingerprint density at radius 3 is 2.42 bits per heavy atom. The van der Waals surface area contributed by atoms with E-state index >= 15 is 0 Å². The topological polar surface area (TPSA) is 32.3 Å². The average molecular weight is 169 g/mol. The molecule has 0 radical (unpaired) electrons. The van der Waals surface area contributed by atoms with E-state index in [4.69, 9.17) is 0 Å². The van der Waals surface area contributed by atoms with Crippen LogP contribution in [-0.4, -0.2) is 23.3 Å². The van der Waals surface area contributed by atoms with Gasteiger partial charge < -0.3 is 10.4 Å².